The number of nitrogens with zero attached hydrogens (tertiary/aromatic N) is 1. The summed E-state index contributed by atoms with van der Waals surface area (Å²) in [4.78, 5) is 10.3. The molecule has 21 heavy (non-hydrogen) atoms. The van der Waals surface area contributed by atoms with Crippen LogP contribution < -0.4 is 5.32 Å². The van der Waals surface area contributed by atoms with Gasteiger partial charge in [-0.05, 0) is 44.1 Å². The van der Waals surface area contributed by atoms with Crippen molar-refractivity contribution in [3.05, 3.63) is 29.6 Å². The van der Waals surface area contributed by atoms with Crippen LogP contribution in [0.5, 0.6) is 0 Å². The minimum Gasteiger partial charge on any atom is -0.478 e. The van der Waals surface area contributed by atoms with Crippen molar-refractivity contribution in [2.24, 2.45) is 0 Å². The minimum absolute atomic E-state index is 0.218. The first-order valence-corrected chi connectivity index (χ1v) is 7.99. The Hall–Kier alpha value is -1.51. The Labute approximate surface area is 122 Å². The Morgan fingerprint density at radius 2 is 2.00 bits per heavy atom. The highest BCUT2D eigenvalue weighted by Gasteiger charge is 2.31. The maximum atomic E-state index is 13.8. The molecule has 0 atom stereocenters. The number of carboxylic acids is 1. The van der Waals surface area contributed by atoms with Gasteiger partial charge in [-0.25, -0.2) is 17.6 Å². The molecule has 0 amide bonds. The fourth-order valence-electron chi connectivity index (χ4n) is 2.36. The van der Waals surface area contributed by atoms with Gasteiger partial charge in [0.05, 0.1) is 5.56 Å². The van der Waals surface area contributed by atoms with Crippen molar-refractivity contribution in [2.45, 2.75) is 23.8 Å². The second-order valence-electron chi connectivity index (χ2n) is 4.95. The molecule has 6 nitrogen and oxygen atoms in total. The smallest absolute Gasteiger partial charge is 0.335 e. The summed E-state index contributed by atoms with van der Waals surface area (Å²) in [5.74, 6) is -2.24. The number of piperidine rings is 1. The molecule has 1 heterocycles. The van der Waals surface area contributed by atoms with Gasteiger partial charge in [-0.1, -0.05) is 0 Å². The van der Waals surface area contributed by atoms with Gasteiger partial charge in [0, 0.05) is 13.1 Å². The normalized spacial score (nSPS) is 17.1. The number of carbonyl (C=O) groups is 1. The Kier molecular flexibility index (Phi) is 4.60. The Morgan fingerprint density at radius 3 is 2.57 bits per heavy atom. The summed E-state index contributed by atoms with van der Waals surface area (Å²) < 4.78 is 40.0. The molecule has 2 N–H and O–H groups in total. The second kappa shape index (κ2) is 6.08. The molecule has 1 aliphatic heterocycles. The molecule has 116 valence electrons. The molecule has 1 aromatic rings. The highest BCUT2D eigenvalue weighted by molar-refractivity contribution is 7.89. The summed E-state index contributed by atoms with van der Waals surface area (Å²) in [5.41, 5.74) is -0.256. The molecule has 1 fully saturated rings. The van der Waals surface area contributed by atoms with Gasteiger partial charge < -0.3 is 10.4 Å². The van der Waals surface area contributed by atoms with Crippen LogP contribution >= 0.6 is 0 Å². The van der Waals surface area contributed by atoms with E-state index < -0.39 is 26.7 Å². The highest BCUT2D eigenvalue weighted by Crippen LogP contribution is 2.24. The van der Waals surface area contributed by atoms with E-state index in [4.69, 9.17) is 5.11 Å². The van der Waals surface area contributed by atoms with Gasteiger partial charge in [0.1, 0.15) is 10.7 Å². The minimum atomic E-state index is -4.06. The van der Waals surface area contributed by atoms with Crippen molar-refractivity contribution in [3.8, 4) is 0 Å². The van der Waals surface area contributed by atoms with Crippen LogP contribution in [0.15, 0.2) is 23.1 Å². The molecule has 0 saturated carbocycles. The molecule has 0 bridgehead atoms. The second-order valence-corrected chi connectivity index (χ2v) is 6.92. The van der Waals surface area contributed by atoms with Gasteiger partial charge >= 0.3 is 5.97 Å². The van der Waals surface area contributed by atoms with Gasteiger partial charge in [-0.15, -0.1) is 0 Å². The third-order valence-corrected chi connectivity index (χ3v) is 5.58. The standard InChI is InChI=1S/C13H17FN2O4S/c1-16(10-4-6-15-7-5-10)21(19,20)12-8-9(13(17)18)2-3-11(12)14/h2-3,8,10,15H,4-7H2,1H3,(H,17,18). The van der Waals surface area contributed by atoms with Crippen molar-refractivity contribution in [1.29, 1.82) is 0 Å². The molecule has 8 heteroatoms. The number of benzene rings is 1. The molecule has 0 radical (unpaired) electrons. The van der Waals surface area contributed by atoms with E-state index in [1.165, 1.54) is 7.05 Å². The number of nitrogens with one attached hydrogen (secondary N) is 1. The molecular formula is C13H17FN2O4S. The van der Waals surface area contributed by atoms with E-state index in [0.717, 1.165) is 22.5 Å². The van der Waals surface area contributed by atoms with Gasteiger partial charge in [0.2, 0.25) is 10.0 Å². The molecule has 0 unspecified atom stereocenters. The fourth-order valence-corrected chi connectivity index (χ4v) is 3.86. The van der Waals surface area contributed by atoms with Crippen LogP contribution in [0.4, 0.5) is 4.39 Å². The number of carboxylic acid groups (broad SMARTS) is 1. The predicted octanol–water partition coefficient (Wildman–Crippen LogP) is 0.896. The summed E-state index contributed by atoms with van der Waals surface area (Å²) in [6.45, 7) is 1.39. The lowest BCUT2D eigenvalue weighted by molar-refractivity contribution is 0.0696. The van der Waals surface area contributed by atoms with Crippen LogP contribution in [0.1, 0.15) is 23.2 Å². The average Bonchev–Trinajstić information content (AvgIpc) is 2.47. The number of sulfonamides is 1. The quantitative estimate of drug-likeness (QED) is 0.862. The van der Waals surface area contributed by atoms with Crippen molar-refractivity contribution < 1.29 is 22.7 Å². The van der Waals surface area contributed by atoms with Crippen LogP contribution in [-0.2, 0) is 10.0 Å². The predicted molar refractivity (Wildman–Crippen MR) is 74.2 cm³/mol. The number of hydrogen-bond acceptors (Lipinski definition) is 4. The molecule has 1 aliphatic rings. The van der Waals surface area contributed by atoms with Crippen molar-refractivity contribution in [1.82, 2.24) is 9.62 Å². The van der Waals surface area contributed by atoms with Crippen molar-refractivity contribution in [3.63, 3.8) is 0 Å². The summed E-state index contributed by atoms with van der Waals surface area (Å²) >= 11 is 0. The average molecular weight is 316 g/mol. The largest absolute Gasteiger partial charge is 0.478 e. The molecular weight excluding hydrogens is 299 g/mol. The van der Waals surface area contributed by atoms with Crippen molar-refractivity contribution in [2.75, 3.05) is 20.1 Å². The number of rotatable bonds is 4. The van der Waals surface area contributed by atoms with Crippen LogP contribution in [0.2, 0.25) is 0 Å². The lowest BCUT2D eigenvalue weighted by Gasteiger charge is -2.30. The summed E-state index contributed by atoms with van der Waals surface area (Å²) in [6, 6.07) is 2.56. The molecule has 2 rings (SSSR count). The van der Waals surface area contributed by atoms with Crippen LogP contribution in [0.3, 0.4) is 0 Å². The first-order valence-electron chi connectivity index (χ1n) is 6.55. The molecule has 1 aromatic carbocycles. The zero-order chi connectivity index (χ0) is 15.6. The summed E-state index contributed by atoms with van der Waals surface area (Å²) in [5, 5.41) is 12.0. The van der Waals surface area contributed by atoms with Gasteiger partial charge in [-0.3, -0.25) is 0 Å². The third-order valence-electron chi connectivity index (χ3n) is 3.66. The Morgan fingerprint density at radius 1 is 1.38 bits per heavy atom. The first-order chi connectivity index (χ1) is 9.84. The number of aromatic carboxylic acids is 1. The van der Waals surface area contributed by atoms with E-state index in [1.807, 2.05) is 0 Å². The van der Waals surface area contributed by atoms with Crippen LogP contribution in [0, 0.1) is 5.82 Å². The molecule has 0 spiro atoms. The van der Waals surface area contributed by atoms with E-state index >= 15 is 0 Å². The van der Waals surface area contributed by atoms with Crippen molar-refractivity contribution >= 4 is 16.0 Å². The maximum Gasteiger partial charge on any atom is 0.335 e. The summed E-state index contributed by atoms with van der Waals surface area (Å²) in [7, 11) is -2.66. The number of halogens is 1. The van der Waals surface area contributed by atoms with E-state index in [2.05, 4.69) is 5.32 Å². The molecule has 1 saturated heterocycles. The van der Waals surface area contributed by atoms with Gasteiger partial charge in [-0.2, -0.15) is 4.31 Å². The van der Waals surface area contributed by atoms with Gasteiger partial charge in [0.15, 0.2) is 0 Å². The fraction of sp³-hybridized carbons (Fsp3) is 0.462. The monoisotopic (exact) mass is 316 g/mol. The van der Waals surface area contributed by atoms with E-state index in [0.29, 0.717) is 25.9 Å². The van der Waals surface area contributed by atoms with E-state index in [9.17, 15) is 17.6 Å². The zero-order valence-electron chi connectivity index (χ0n) is 11.5. The summed E-state index contributed by atoms with van der Waals surface area (Å²) in [6.07, 6.45) is 1.27. The van der Waals surface area contributed by atoms with Crippen LogP contribution in [0.25, 0.3) is 0 Å². The lowest BCUT2D eigenvalue weighted by atomic mass is 10.1. The van der Waals surface area contributed by atoms with E-state index in [-0.39, 0.29) is 11.6 Å². The zero-order valence-corrected chi connectivity index (χ0v) is 12.4. The number of hydrogen-bond donors (Lipinski definition) is 2. The Bertz CT molecular complexity index is 642. The van der Waals surface area contributed by atoms with Crippen LogP contribution in [-0.4, -0.2) is 50.0 Å². The highest BCUT2D eigenvalue weighted by atomic mass is 32.2. The van der Waals surface area contributed by atoms with E-state index in [1.54, 1.807) is 0 Å². The molecule has 0 aliphatic carbocycles. The first kappa shape index (κ1) is 15.9. The Balaban J connectivity index is 2.38. The topological polar surface area (TPSA) is 86.7 Å². The SMILES string of the molecule is CN(C1CCNCC1)S(=O)(=O)c1cc(C(=O)O)ccc1F. The molecule has 0 aromatic heterocycles. The van der Waals surface area contributed by atoms with Gasteiger partial charge in [0.25, 0.3) is 0 Å². The lowest BCUT2D eigenvalue weighted by Crippen LogP contribution is -2.44. The third kappa shape index (κ3) is 3.22. The maximum absolute atomic E-state index is 13.8.